The number of ketones is 5. The summed E-state index contributed by atoms with van der Waals surface area (Å²) in [6.07, 6.45) is -6.09. The lowest BCUT2D eigenvalue weighted by Crippen LogP contribution is -2.73. The molecule has 8 atom stereocenters. The number of rotatable bonds is 12. The first-order chi connectivity index (χ1) is 29.9. The Morgan fingerprint density at radius 2 is 1.67 bits per heavy atom. The maximum absolute atomic E-state index is 15.2. The van der Waals surface area contributed by atoms with Gasteiger partial charge in [-0.3, -0.25) is 24.0 Å². The number of hydrogen-bond acceptors (Lipinski definition) is 19. The number of Topliss-reactive ketones (excluding diaryl/α,β-unsaturated/α-hetero) is 4. The van der Waals surface area contributed by atoms with E-state index in [1.807, 2.05) is 0 Å². The zero-order chi connectivity index (χ0) is 45.9. The van der Waals surface area contributed by atoms with Gasteiger partial charge in [0.05, 0.1) is 60.3 Å². The van der Waals surface area contributed by atoms with Gasteiger partial charge in [0.15, 0.2) is 23.6 Å². The topological polar surface area (TPSA) is 288 Å². The molecule has 19 heteroatoms. The molecule has 0 bridgehead atoms. The molecule has 1 aliphatic heterocycles. The van der Waals surface area contributed by atoms with E-state index in [2.05, 4.69) is 10.1 Å². The Kier molecular flexibility index (Phi) is 12.0. The van der Waals surface area contributed by atoms with E-state index in [0.717, 1.165) is 26.4 Å². The third-order valence-corrected chi connectivity index (χ3v) is 12.1. The third kappa shape index (κ3) is 6.83. The van der Waals surface area contributed by atoms with E-state index in [0.29, 0.717) is 5.56 Å². The van der Waals surface area contributed by atoms with Crippen LogP contribution < -0.4 is 10.1 Å². The SMILES string of the molecule is COC(=O)C(=O)c1c(C)cc2c(c1OCC(=O)OCc1ccccc1)[C@]1(O)C(=O)c3cc4c(c(O)c3C(=O)[C@]1(OC)[C@H](O)C2)C(=O)C=C(NC1O[C@@H](C)[C@H](OC)[C@@H](O)[C@H]1CO)C4=O. The quantitative estimate of drug-likeness (QED) is 0.0812. The summed E-state index contributed by atoms with van der Waals surface area (Å²) in [5, 5.41) is 60.3. The molecular formula is C44H43NO18. The van der Waals surface area contributed by atoms with E-state index < -0.39 is 159 Å². The van der Waals surface area contributed by atoms with Crippen molar-refractivity contribution in [2.24, 2.45) is 5.92 Å². The lowest BCUT2D eigenvalue weighted by atomic mass is 9.56. The van der Waals surface area contributed by atoms with E-state index in [-0.39, 0.29) is 17.7 Å². The number of ether oxygens (including phenoxy) is 6. The van der Waals surface area contributed by atoms with E-state index in [1.54, 1.807) is 37.3 Å². The minimum Gasteiger partial charge on any atom is -0.506 e. The number of esters is 2. The summed E-state index contributed by atoms with van der Waals surface area (Å²) in [7, 11) is 3.12. The number of phenols is 1. The van der Waals surface area contributed by atoms with Crippen LogP contribution in [0.1, 0.15) is 81.0 Å². The van der Waals surface area contributed by atoms with Crippen LogP contribution >= 0.6 is 0 Å². The summed E-state index contributed by atoms with van der Waals surface area (Å²) in [5.41, 5.74) is -10.8. The molecule has 6 N–H and O–H groups in total. The van der Waals surface area contributed by atoms with Gasteiger partial charge in [-0.15, -0.1) is 0 Å². The molecule has 1 fully saturated rings. The van der Waals surface area contributed by atoms with Gasteiger partial charge < -0.3 is 59.3 Å². The van der Waals surface area contributed by atoms with Crippen molar-refractivity contribution in [2.75, 3.05) is 34.5 Å². The minimum atomic E-state index is -3.42. The minimum absolute atomic E-state index is 0.000167. The van der Waals surface area contributed by atoms with Crippen LogP contribution in [0.3, 0.4) is 0 Å². The molecule has 0 spiro atoms. The van der Waals surface area contributed by atoms with Crippen LogP contribution in [0.4, 0.5) is 0 Å². The van der Waals surface area contributed by atoms with Crippen molar-refractivity contribution in [2.45, 2.75) is 68.7 Å². The van der Waals surface area contributed by atoms with Gasteiger partial charge >= 0.3 is 11.9 Å². The van der Waals surface area contributed by atoms with Crippen molar-refractivity contribution in [3.05, 3.63) is 104 Å². The number of fused-ring (bicyclic) bond motifs is 5. The molecule has 0 saturated carbocycles. The number of benzene rings is 3. The van der Waals surface area contributed by atoms with Gasteiger partial charge in [0.2, 0.25) is 17.3 Å². The fraction of sp³-hybridized carbons (Fsp3) is 0.386. The molecule has 4 aliphatic rings. The first kappa shape index (κ1) is 44.9. The lowest BCUT2D eigenvalue weighted by molar-refractivity contribution is -0.214. The summed E-state index contributed by atoms with van der Waals surface area (Å²) in [6.45, 7) is 1.08. The normalized spacial score (nSPS) is 27.3. The van der Waals surface area contributed by atoms with E-state index in [9.17, 15) is 54.3 Å². The maximum Gasteiger partial charge on any atom is 0.379 e. The molecule has 0 aromatic heterocycles. The molecule has 63 heavy (non-hydrogen) atoms. The highest BCUT2D eigenvalue weighted by atomic mass is 16.6. The zero-order valence-corrected chi connectivity index (χ0v) is 34.5. The second-order valence-corrected chi connectivity index (χ2v) is 15.5. The molecular weight excluding hydrogens is 830 g/mol. The van der Waals surface area contributed by atoms with E-state index >= 15 is 4.79 Å². The van der Waals surface area contributed by atoms with Crippen molar-refractivity contribution in [3.63, 3.8) is 0 Å². The largest absolute Gasteiger partial charge is 0.506 e. The van der Waals surface area contributed by atoms with Gasteiger partial charge in [0.25, 0.3) is 5.78 Å². The molecule has 7 rings (SSSR count). The summed E-state index contributed by atoms with van der Waals surface area (Å²) < 4.78 is 32.7. The predicted octanol–water partition coefficient (Wildman–Crippen LogP) is 0.329. The highest BCUT2D eigenvalue weighted by molar-refractivity contribution is 6.42. The van der Waals surface area contributed by atoms with Gasteiger partial charge in [-0.2, -0.15) is 0 Å². The van der Waals surface area contributed by atoms with Crippen molar-refractivity contribution in [3.8, 4) is 11.5 Å². The number of aliphatic hydroxyl groups excluding tert-OH is 3. The van der Waals surface area contributed by atoms with E-state index in [1.165, 1.54) is 20.1 Å². The fourth-order valence-electron chi connectivity index (χ4n) is 9.05. The average molecular weight is 874 g/mol. The number of aromatic hydroxyl groups is 1. The summed E-state index contributed by atoms with van der Waals surface area (Å²) in [5.74, 6) is -11.8. The first-order valence-corrected chi connectivity index (χ1v) is 19.5. The van der Waals surface area contributed by atoms with Crippen LogP contribution in [0.2, 0.25) is 0 Å². The number of carbonyl (C=O) groups is 7. The Bertz CT molecular complexity index is 2500. The van der Waals surface area contributed by atoms with Crippen LogP contribution in [-0.2, 0) is 51.9 Å². The third-order valence-electron chi connectivity index (χ3n) is 12.1. The lowest BCUT2D eigenvalue weighted by Gasteiger charge is -2.53. The van der Waals surface area contributed by atoms with Crippen LogP contribution in [0.5, 0.6) is 11.5 Å². The first-order valence-electron chi connectivity index (χ1n) is 19.5. The number of phenolic OH excluding ortho intramolecular Hbond substituents is 1. The van der Waals surface area contributed by atoms with Crippen molar-refractivity contribution in [1.29, 1.82) is 0 Å². The number of aryl methyl sites for hydroxylation is 1. The van der Waals surface area contributed by atoms with Gasteiger partial charge in [0.1, 0.15) is 30.4 Å². The molecule has 332 valence electrons. The van der Waals surface area contributed by atoms with Gasteiger partial charge in [0, 0.05) is 43.4 Å². The van der Waals surface area contributed by atoms with Crippen LogP contribution in [0.15, 0.2) is 54.2 Å². The van der Waals surface area contributed by atoms with Crippen LogP contribution in [-0.4, -0.2) is 137 Å². The Morgan fingerprint density at radius 1 is 0.968 bits per heavy atom. The Balaban J connectivity index is 1.36. The van der Waals surface area contributed by atoms with Gasteiger partial charge in [-0.1, -0.05) is 36.4 Å². The number of methoxy groups -OCH3 is 3. The second kappa shape index (κ2) is 16.8. The summed E-state index contributed by atoms with van der Waals surface area (Å²) in [6, 6.07) is 10.6. The predicted molar refractivity (Wildman–Crippen MR) is 211 cm³/mol. The molecule has 0 amide bonds. The van der Waals surface area contributed by atoms with Crippen molar-refractivity contribution < 1.29 is 87.5 Å². The highest BCUT2D eigenvalue weighted by Gasteiger charge is 2.73. The standard InChI is InChI=1S/C44H43NO18/c1-18-11-21-12-27(48)44(60-5)40(55)31-23(13-22-30(35(31)52)26(47)14-25(33(22)50)45-41-24(15-46)34(51)37(58-3)19(2)63-41)39(54)43(44,57)32(21)38(29(18)36(53)42(56)59-4)62-17-28(49)61-16-20-9-7-6-8-10-20/h6-11,13-14,19,24,27,34,37,41,45-46,48,51-52,57H,12,15-17H2,1-5H3/t19-,24+,27+,34-,37-,41?,43-,44+/m0/s1. The molecule has 1 heterocycles. The number of carbonyl (C=O) groups excluding carboxylic acids is 7. The Labute approximate surface area is 358 Å². The molecule has 3 aromatic carbocycles. The van der Waals surface area contributed by atoms with Crippen molar-refractivity contribution in [1.82, 2.24) is 5.32 Å². The smallest absolute Gasteiger partial charge is 0.379 e. The van der Waals surface area contributed by atoms with E-state index in [4.69, 9.17) is 23.7 Å². The molecule has 3 aliphatic carbocycles. The Hall–Kier alpha value is -6.19. The molecule has 19 nitrogen and oxygen atoms in total. The average Bonchev–Trinajstić information content (AvgIpc) is 3.25. The monoisotopic (exact) mass is 873 g/mol. The summed E-state index contributed by atoms with van der Waals surface area (Å²) in [4.78, 5) is 97.6. The fourth-order valence-corrected chi connectivity index (χ4v) is 9.05. The molecule has 0 radical (unpaired) electrons. The number of nitrogens with one attached hydrogen (secondary N) is 1. The Morgan fingerprint density at radius 3 is 2.30 bits per heavy atom. The summed E-state index contributed by atoms with van der Waals surface area (Å²) >= 11 is 0. The van der Waals surface area contributed by atoms with Gasteiger partial charge in [-0.05, 0) is 36.6 Å². The number of allylic oxidation sites excluding steroid dienone is 2. The number of aliphatic hydroxyl groups is 4. The second-order valence-electron chi connectivity index (χ2n) is 15.5. The maximum atomic E-state index is 15.2. The molecule has 1 saturated heterocycles. The van der Waals surface area contributed by atoms with Gasteiger partial charge in [-0.25, -0.2) is 9.59 Å². The number of hydrogen-bond donors (Lipinski definition) is 6. The van der Waals surface area contributed by atoms with Crippen LogP contribution in [0, 0.1) is 12.8 Å². The highest BCUT2D eigenvalue weighted by Crippen LogP contribution is 2.57. The van der Waals surface area contributed by atoms with Crippen molar-refractivity contribution >= 4 is 40.9 Å². The van der Waals surface area contributed by atoms with Crippen LogP contribution in [0.25, 0.3) is 0 Å². The zero-order valence-electron chi connectivity index (χ0n) is 34.5. The molecule has 3 aromatic rings. The molecule has 1 unspecified atom stereocenters.